The summed E-state index contributed by atoms with van der Waals surface area (Å²) in [7, 11) is 0. The van der Waals surface area contributed by atoms with Crippen molar-refractivity contribution in [3.05, 3.63) is 83.6 Å². The molecule has 0 fully saturated rings. The minimum absolute atomic E-state index is 0.316. The second-order valence-electron chi connectivity index (χ2n) is 9.02. The first kappa shape index (κ1) is 19.9. The Morgan fingerprint density at radius 3 is 2.52 bits per heavy atom. The third kappa shape index (κ3) is 3.11. The number of aromatic nitrogens is 1. The Hall–Kier alpha value is -3.70. The number of hydrogen-bond acceptors (Lipinski definition) is 3. The van der Waals surface area contributed by atoms with Crippen LogP contribution in [0.4, 0.5) is 0 Å². The first-order valence-corrected chi connectivity index (χ1v) is 11.6. The Morgan fingerprint density at radius 2 is 1.67 bits per heavy atom. The molecule has 0 saturated heterocycles. The number of benzene rings is 3. The van der Waals surface area contributed by atoms with E-state index in [1.165, 1.54) is 0 Å². The van der Waals surface area contributed by atoms with Crippen molar-refractivity contribution in [3.63, 3.8) is 0 Å². The van der Waals surface area contributed by atoms with Crippen molar-refractivity contribution in [3.8, 4) is 0 Å². The molecule has 0 saturated carbocycles. The second kappa shape index (κ2) is 7.71. The van der Waals surface area contributed by atoms with Crippen molar-refractivity contribution in [2.75, 3.05) is 6.54 Å². The van der Waals surface area contributed by atoms with E-state index in [1.807, 2.05) is 54.6 Å². The van der Waals surface area contributed by atoms with Crippen molar-refractivity contribution in [1.82, 2.24) is 9.88 Å². The molecule has 3 N–H and O–H groups in total. The average molecular weight is 436 g/mol. The summed E-state index contributed by atoms with van der Waals surface area (Å²) >= 11 is 0. The summed E-state index contributed by atoms with van der Waals surface area (Å²) in [6.07, 6.45) is 2.89. The number of para-hydroxylation sites is 1. The molecule has 2 aliphatic rings. The van der Waals surface area contributed by atoms with Crippen LogP contribution in [0.25, 0.3) is 32.8 Å². The molecule has 4 aromatic rings. The highest BCUT2D eigenvalue weighted by atomic mass is 16.2. The first-order valence-electron chi connectivity index (χ1n) is 11.6. The van der Waals surface area contributed by atoms with Crippen molar-refractivity contribution in [2.45, 2.75) is 25.8 Å². The van der Waals surface area contributed by atoms with Gasteiger partial charge >= 0.3 is 0 Å². The number of aryl methyl sites for hydroxylation is 1. The van der Waals surface area contributed by atoms with Gasteiger partial charge in [-0.25, -0.2) is 0 Å². The molecule has 2 aliphatic heterocycles. The van der Waals surface area contributed by atoms with Gasteiger partial charge in [-0.1, -0.05) is 54.6 Å². The van der Waals surface area contributed by atoms with Gasteiger partial charge in [0.15, 0.2) is 0 Å². The molecule has 1 atom stereocenters. The van der Waals surface area contributed by atoms with Crippen LogP contribution < -0.4 is 11.1 Å². The number of hydrogen-bond donors (Lipinski definition) is 2. The molecule has 5 heteroatoms. The molecular formula is C28H25N3O2. The summed E-state index contributed by atoms with van der Waals surface area (Å²) in [4.78, 5) is 26.3. The molecule has 3 aromatic carbocycles. The predicted octanol–water partition coefficient (Wildman–Crippen LogP) is 4.27. The first-order chi connectivity index (χ1) is 16.2. The summed E-state index contributed by atoms with van der Waals surface area (Å²) in [6.45, 7) is 1.55. The van der Waals surface area contributed by atoms with E-state index in [9.17, 15) is 9.59 Å². The fraction of sp³-hybridized carbons (Fsp3) is 0.214. The van der Waals surface area contributed by atoms with Crippen LogP contribution in [0, 0.1) is 5.92 Å². The lowest BCUT2D eigenvalue weighted by Gasteiger charge is -2.25. The second-order valence-corrected chi connectivity index (χ2v) is 9.02. The molecule has 1 aromatic heterocycles. The van der Waals surface area contributed by atoms with Gasteiger partial charge in [-0.2, -0.15) is 0 Å². The Morgan fingerprint density at radius 1 is 0.909 bits per heavy atom. The van der Waals surface area contributed by atoms with Gasteiger partial charge in [0.05, 0.1) is 11.1 Å². The van der Waals surface area contributed by atoms with Gasteiger partial charge in [0.2, 0.25) is 0 Å². The molecule has 164 valence electrons. The van der Waals surface area contributed by atoms with Crippen LogP contribution in [-0.4, -0.2) is 22.9 Å². The molecule has 33 heavy (non-hydrogen) atoms. The van der Waals surface area contributed by atoms with E-state index in [-0.39, 0.29) is 11.8 Å². The molecule has 2 amide bonds. The number of nitrogens with one attached hydrogen (secondary N) is 1. The minimum Gasteiger partial charge on any atom is -0.344 e. The van der Waals surface area contributed by atoms with Crippen LogP contribution >= 0.6 is 0 Å². The number of rotatable bonds is 4. The molecular weight excluding hydrogens is 410 g/mol. The number of amides is 2. The number of fused-ring (bicyclic) bond motifs is 4. The standard InChI is InChI=1S/C28H25N3O2/c29-13-11-17-12-14-31-22-8-4-3-7-21(22)25(23(31)15-17)26-24(27(32)30-28(26)33)20-10-9-18-5-1-2-6-19(18)16-20/h1-10,16-17H,11-15,29H2,(H,30,32,33). The highest BCUT2D eigenvalue weighted by Gasteiger charge is 2.37. The third-order valence-electron chi connectivity index (χ3n) is 7.12. The average Bonchev–Trinajstić information content (AvgIpc) is 3.31. The van der Waals surface area contributed by atoms with Crippen LogP contribution in [0.15, 0.2) is 66.7 Å². The van der Waals surface area contributed by atoms with Crippen molar-refractivity contribution < 1.29 is 9.59 Å². The monoisotopic (exact) mass is 435 g/mol. The number of carbonyl (C=O) groups excluding carboxylic acids is 2. The van der Waals surface area contributed by atoms with Crippen molar-refractivity contribution >= 4 is 44.6 Å². The summed E-state index contributed by atoms with van der Waals surface area (Å²) in [5.74, 6) is -0.165. The fourth-order valence-corrected chi connectivity index (χ4v) is 5.59. The zero-order valence-corrected chi connectivity index (χ0v) is 18.3. The molecule has 0 radical (unpaired) electrons. The Balaban J connectivity index is 1.63. The Kier molecular flexibility index (Phi) is 4.66. The van der Waals surface area contributed by atoms with E-state index in [2.05, 4.69) is 22.0 Å². The van der Waals surface area contributed by atoms with Gasteiger partial charge in [0.25, 0.3) is 11.8 Å². The summed E-state index contributed by atoms with van der Waals surface area (Å²) in [5.41, 5.74) is 10.8. The maximum Gasteiger partial charge on any atom is 0.259 e. The fourth-order valence-electron chi connectivity index (χ4n) is 5.59. The smallest absolute Gasteiger partial charge is 0.259 e. The number of nitrogens with zero attached hydrogens (tertiary/aromatic N) is 1. The molecule has 0 spiro atoms. The number of imide groups is 1. The molecule has 1 unspecified atom stereocenters. The van der Waals surface area contributed by atoms with E-state index >= 15 is 0 Å². The quantitative estimate of drug-likeness (QED) is 0.470. The van der Waals surface area contributed by atoms with E-state index in [0.717, 1.165) is 64.3 Å². The maximum atomic E-state index is 13.2. The molecule has 0 aliphatic carbocycles. The summed E-state index contributed by atoms with van der Waals surface area (Å²) in [6, 6.07) is 22.2. The zero-order chi connectivity index (χ0) is 22.5. The van der Waals surface area contributed by atoms with Gasteiger partial charge in [-0.05, 0) is 60.2 Å². The Labute approximate surface area is 191 Å². The molecule has 5 nitrogen and oxygen atoms in total. The highest BCUT2D eigenvalue weighted by molar-refractivity contribution is 6.50. The van der Waals surface area contributed by atoms with Crippen LogP contribution in [0.1, 0.15) is 29.7 Å². The largest absolute Gasteiger partial charge is 0.344 e. The SMILES string of the molecule is NCCC1CCn2c(c(C3=C(c4ccc5ccccc5c4)C(=O)NC3=O)c3ccccc32)C1. The Bertz CT molecular complexity index is 1480. The van der Waals surface area contributed by atoms with Gasteiger partial charge < -0.3 is 10.3 Å². The van der Waals surface area contributed by atoms with Crippen LogP contribution in [-0.2, 0) is 22.6 Å². The highest BCUT2D eigenvalue weighted by Crippen LogP contribution is 2.42. The molecule has 0 bridgehead atoms. The number of nitrogens with two attached hydrogens (primary N) is 1. The van der Waals surface area contributed by atoms with Gasteiger partial charge in [-0.3, -0.25) is 14.9 Å². The molecule has 3 heterocycles. The minimum atomic E-state index is -0.330. The lowest BCUT2D eigenvalue weighted by Crippen LogP contribution is -2.24. The molecule has 6 rings (SSSR count). The normalized spacial score (nSPS) is 18.3. The van der Waals surface area contributed by atoms with Crippen molar-refractivity contribution in [2.24, 2.45) is 11.7 Å². The topological polar surface area (TPSA) is 77.1 Å². The van der Waals surface area contributed by atoms with Crippen LogP contribution in [0.5, 0.6) is 0 Å². The maximum absolute atomic E-state index is 13.2. The summed E-state index contributed by atoms with van der Waals surface area (Å²) in [5, 5.41) is 5.75. The van der Waals surface area contributed by atoms with Gasteiger partial charge in [0.1, 0.15) is 0 Å². The van der Waals surface area contributed by atoms with Gasteiger partial charge in [-0.15, -0.1) is 0 Å². The van der Waals surface area contributed by atoms with E-state index in [0.29, 0.717) is 23.6 Å². The van der Waals surface area contributed by atoms with E-state index in [1.54, 1.807) is 0 Å². The van der Waals surface area contributed by atoms with Crippen LogP contribution in [0.2, 0.25) is 0 Å². The lowest BCUT2D eigenvalue weighted by atomic mass is 9.87. The van der Waals surface area contributed by atoms with Crippen LogP contribution in [0.3, 0.4) is 0 Å². The zero-order valence-electron chi connectivity index (χ0n) is 18.3. The third-order valence-corrected chi connectivity index (χ3v) is 7.12. The van der Waals surface area contributed by atoms with Gasteiger partial charge in [0, 0.05) is 28.7 Å². The van der Waals surface area contributed by atoms with E-state index < -0.39 is 0 Å². The number of carbonyl (C=O) groups is 2. The van der Waals surface area contributed by atoms with Crippen molar-refractivity contribution in [1.29, 1.82) is 0 Å². The summed E-state index contributed by atoms with van der Waals surface area (Å²) < 4.78 is 2.33. The predicted molar refractivity (Wildman–Crippen MR) is 131 cm³/mol. The lowest BCUT2D eigenvalue weighted by molar-refractivity contribution is -0.122. The van der Waals surface area contributed by atoms with E-state index in [4.69, 9.17) is 5.73 Å².